The zero-order valence-electron chi connectivity index (χ0n) is 19.5. The smallest absolute Gasteiger partial charge is 0.252 e. The van der Waals surface area contributed by atoms with Gasteiger partial charge in [0.25, 0.3) is 5.91 Å². The fraction of sp³-hybridized carbons (Fsp3) is 0.480. The fourth-order valence-electron chi connectivity index (χ4n) is 4.03. The topological polar surface area (TPSA) is 72.3 Å². The Labute approximate surface area is 189 Å². The normalized spacial score (nSPS) is 15.1. The molecule has 3 heterocycles. The van der Waals surface area contributed by atoms with Crippen LogP contribution in [0.2, 0.25) is 0 Å². The largest absolute Gasteiger partial charge is 0.379 e. The molecule has 7 nitrogen and oxygen atoms in total. The van der Waals surface area contributed by atoms with E-state index in [1.807, 2.05) is 10.7 Å². The van der Waals surface area contributed by atoms with Crippen LogP contribution in [0, 0.1) is 0 Å². The summed E-state index contributed by atoms with van der Waals surface area (Å²) in [7, 11) is 0. The van der Waals surface area contributed by atoms with E-state index in [1.54, 1.807) is 6.20 Å². The number of amides is 1. The van der Waals surface area contributed by atoms with E-state index in [9.17, 15) is 4.79 Å². The number of rotatable bonds is 7. The molecule has 3 aromatic rings. The van der Waals surface area contributed by atoms with Crippen LogP contribution < -0.4 is 5.32 Å². The van der Waals surface area contributed by atoms with Crippen LogP contribution in [-0.2, 0) is 17.8 Å². The van der Waals surface area contributed by atoms with Crippen molar-refractivity contribution in [3.63, 3.8) is 0 Å². The van der Waals surface area contributed by atoms with Gasteiger partial charge in [-0.3, -0.25) is 9.69 Å². The third-order valence-electron chi connectivity index (χ3n) is 5.87. The molecule has 0 aliphatic carbocycles. The molecule has 0 unspecified atom stereocenters. The highest BCUT2D eigenvalue weighted by Crippen LogP contribution is 2.24. The molecule has 2 aromatic heterocycles. The number of ether oxygens (including phenoxy) is 1. The number of fused-ring (bicyclic) bond motifs is 1. The summed E-state index contributed by atoms with van der Waals surface area (Å²) in [5.41, 5.74) is 4.65. The molecular formula is C25H33N5O2. The number of carbonyl (C=O) groups excluding carboxylic acids is 1. The van der Waals surface area contributed by atoms with Crippen molar-refractivity contribution in [2.24, 2.45) is 0 Å². The number of carbonyl (C=O) groups is 1. The zero-order valence-corrected chi connectivity index (χ0v) is 19.5. The second kappa shape index (κ2) is 9.79. The zero-order chi connectivity index (χ0) is 22.7. The lowest BCUT2D eigenvalue weighted by Crippen LogP contribution is -2.35. The number of nitrogens with one attached hydrogen (secondary N) is 1. The summed E-state index contributed by atoms with van der Waals surface area (Å²) in [6.45, 7) is 13.2. The molecule has 0 spiro atoms. The summed E-state index contributed by atoms with van der Waals surface area (Å²) < 4.78 is 7.32. The van der Waals surface area contributed by atoms with E-state index >= 15 is 0 Å². The molecule has 4 rings (SSSR count). The molecule has 0 atom stereocenters. The molecule has 0 bridgehead atoms. The van der Waals surface area contributed by atoms with Gasteiger partial charge in [-0.2, -0.15) is 5.10 Å². The predicted molar refractivity (Wildman–Crippen MR) is 126 cm³/mol. The third kappa shape index (κ3) is 5.00. The van der Waals surface area contributed by atoms with Crippen molar-refractivity contribution < 1.29 is 9.53 Å². The van der Waals surface area contributed by atoms with Crippen molar-refractivity contribution in [2.75, 3.05) is 26.3 Å². The molecule has 7 heteroatoms. The van der Waals surface area contributed by atoms with Crippen LogP contribution in [0.5, 0.6) is 0 Å². The Morgan fingerprint density at radius 2 is 1.88 bits per heavy atom. The first-order valence-electron chi connectivity index (χ1n) is 11.5. The van der Waals surface area contributed by atoms with Crippen molar-refractivity contribution >= 4 is 16.9 Å². The van der Waals surface area contributed by atoms with Gasteiger partial charge in [-0.05, 0) is 37.0 Å². The first-order valence-corrected chi connectivity index (χ1v) is 11.5. The van der Waals surface area contributed by atoms with Gasteiger partial charge in [-0.1, -0.05) is 38.1 Å². The lowest BCUT2D eigenvalue weighted by atomic mass is 10.0. The van der Waals surface area contributed by atoms with E-state index in [0.29, 0.717) is 12.1 Å². The van der Waals surface area contributed by atoms with Gasteiger partial charge in [-0.25, -0.2) is 9.67 Å². The predicted octanol–water partition coefficient (Wildman–Crippen LogP) is 3.90. The molecule has 1 aliphatic rings. The third-order valence-corrected chi connectivity index (χ3v) is 5.87. The maximum atomic E-state index is 13.2. The van der Waals surface area contributed by atoms with Crippen molar-refractivity contribution in [2.45, 2.75) is 52.7 Å². The van der Waals surface area contributed by atoms with E-state index in [2.05, 4.69) is 67.3 Å². The van der Waals surface area contributed by atoms with Crippen LogP contribution in [0.3, 0.4) is 0 Å². The number of benzene rings is 1. The minimum Gasteiger partial charge on any atom is -0.379 e. The molecule has 1 aliphatic heterocycles. The maximum absolute atomic E-state index is 13.2. The summed E-state index contributed by atoms with van der Waals surface area (Å²) in [5.74, 6) is 0.125. The fourth-order valence-corrected chi connectivity index (χ4v) is 4.03. The van der Waals surface area contributed by atoms with E-state index in [1.165, 1.54) is 5.56 Å². The average molecular weight is 436 g/mol. The van der Waals surface area contributed by atoms with E-state index in [0.717, 1.165) is 55.1 Å². The Bertz CT molecular complexity index is 1080. The van der Waals surface area contributed by atoms with Crippen LogP contribution in [0.15, 0.2) is 36.5 Å². The summed E-state index contributed by atoms with van der Waals surface area (Å²) in [4.78, 5) is 20.4. The van der Waals surface area contributed by atoms with E-state index in [-0.39, 0.29) is 17.9 Å². The minimum atomic E-state index is -0.0961. The highest BCUT2D eigenvalue weighted by atomic mass is 16.5. The number of hydrogen-bond acceptors (Lipinski definition) is 5. The van der Waals surface area contributed by atoms with Gasteiger partial charge < -0.3 is 10.1 Å². The maximum Gasteiger partial charge on any atom is 0.252 e. The lowest BCUT2D eigenvalue weighted by molar-refractivity contribution is 0.0342. The molecule has 1 saturated heterocycles. The molecule has 1 N–H and O–H groups in total. The standard InChI is InChI=1S/C25H33N5O2/c1-17(2)23-13-21(22-15-27-30(18(3)4)24(22)28-23)25(31)26-14-19-6-5-7-20(12-19)16-29-8-10-32-11-9-29/h5-7,12-13,15,17-18H,8-11,14,16H2,1-4H3,(H,26,31). The van der Waals surface area contributed by atoms with Gasteiger partial charge in [0.2, 0.25) is 0 Å². The summed E-state index contributed by atoms with van der Waals surface area (Å²) in [6, 6.07) is 10.5. The lowest BCUT2D eigenvalue weighted by Gasteiger charge is -2.26. The van der Waals surface area contributed by atoms with Crippen molar-refractivity contribution in [1.82, 2.24) is 25.0 Å². The first-order chi connectivity index (χ1) is 15.4. The van der Waals surface area contributed by atoms with Gasteiger partial charge in [0, 0.05) is 37.9 Å². The van der Waals surface area contributed by atoms with E-state index < -0.39 is 0 Å². The Morgan fingerprint density at radius 3 is 2.59 bits per heavy atom. The van der Waals surface area contributed by atoms with Crippen LogP contribution in [-0.4, -0.2) is 51.9 Å². The monoisotopic (exact) mass is 435 g/mol. The highest BCUT2D eigenvalue weighted by Gasteiger charge is 2.19. The second-order valence-electron chi connectivity index (χ2n) is 9.06. The van der Waals surface area contributed by atoms with Crippen LogP contribution in [0.1, 0.15) is 66.8 Å². The van der Waals surface area contributed by atoms with Crippen LogP contribution in [0.4, 0.5) is 0 Å². The average Bonchev–Trinajstić information content (AvgIpc) is 3.22. The van der Waals surface area contributed by atoms with Gasteiger partial charge in [0.15, 0.2) is 5.65 Å². The molecule has 0 radical (unpaired) electrons. The summed E-state index contributed by atoms with van der Waals surface area (Å²) in [5, 5.41) is 8.38. The number of pyridine rings is 1. The summed E-state index contributed by atoms with van der Waals surface area (Å²) >= 11 is 0. The molecular weight excluding hydrogens is 402 g/mol. The second-order valence-corrected chi connectivity index (χ2v) is 9.06. The van der Waals surface area contributed by atoms with Crippen LogP contribution >= 0.6 is 0 Å². The SMILES string of the molecule is CC(C)c1cc(C(=O)NCc2cccc(CN3CCOCC3)c2)c2cnn(C(C)C)c2n1. The molecule has 0 saturated carbocycles. The molecule has 1 aromatic carbocycles. The number of hydrogen-bond donors (Lipinski definition) is 1. The number of nitrogens with zero attached hydrogens (tertiary/aromatic N) is 4. The molecule has 170 valence electrons. The van der Waals surface area contributed by atoms with Crippen molar-refractivity contribution in [3.05, 3.63) is 58.9 Å². The first kappa shape index (κ1) is 22.4. The Morgan fingerprint density at radius 1 is 1.12 bits per heavy atom. The van der Waals surface area contributed by atoms with Gasteiger partial charge in [-0.15, -0.1) is 0 Å². The highest BCUT2D eigenvalue weighted by molar-refractivity contribution is 6.05. The van der Waals surface area contributed by atoms with Gasteiger partial charge in [0.1, 0.15) is 0 Å². The Kier molecular flexibility index (Phi) is 6.86. The number of aromatic nitrogens is 3. The van der Waals surface area contributed by atoms with Crippen LogP contribution in [0.25, 0.3) is 11.0 Å². The number of morpholine rings is 1. The quantitative estimate of drug-likeness (QED) is 0.609. The Balaban J connectivity index is 1.51. The molecule has 1 fully saturated rings. The van der Waals surface area contributed by atoms with Gasteiger partial charge >= 0.3 is 0 Å². The van der Waals surface area contributed by atoms with Gasteiger partial charge in [0.05, 0.1) is 30.4 Å². The molecule has 1 amide bonds. The van der Waals surface area contributed by atoms with E-state index in [4.69, 9.17) is 9.72 Å². The Hall–Kier alpha value is -2.77. The minimum absolute atomic E-state index is 0.0961. The summed E-state index contributed by atoms with van der Waals surface area (Å²) in [6.07, 6.45) is 1.75. The molecule has 32 heavy (non-hydrogen) atoms. The van der Waals surface area contributed by atoms with Crippen molar-refractivity contribution in [1.29, 1.82) is 0 Å². The van der Waals surface area contributed by atoms with Crippen molar-refractivity contribution in [3.8, 4) is 0 Å².